The quantitative estimate of drug-likeness (QED) is 0.676. The molecule has 0 bridgehead atoms. The molecule has 2 rings (SSSR count). The van der Waals surface area contributed by atoms with E-state index in [0.29, 0.717) is 16.3 Å². The number of aliphatic hydroxyl groups excluding tert-OH is 1. The van der Waals surface area contributed by atoms with E-state index >= 15 is 0 Å². The number of hydrogen-bond donors (Lipinski definition) is 1. The molecule has 0 saturated heterocycles. The van der Waals surface area contributed by atoms with Crippen molar-refractivity contribution in [1.82, 2.24) is 4.98 Å². The molecule has 1 heterocycles. The largest absolute Gasteiger partial charge is 0.488 e. The Bertz CT molecular complexity index is 661. The Morgan fingerprint density at radius 1 is 1.48 bits per heavy atom. The second-order valence-corrected chi connectivity index (χ2v) is 4.82. The van der Waals surface area contributed by atoms with Gasteiger partial charge in [0.05, 0.1) is 16.0 Å². The summed E-state index contributed by atoms with van der Waals surface area (Å²) in [5.41, 5.74) is 0.996. The topological polar surface area (TPSA) is 85.5 Å². The lowest BCUT2D eigenvalue weighted by molar-refractivity contribution is -0.385. The van der Waals surface area contributed by atoms with Gasteiger partial charge in [0.25, 0.3) is 5.69 Å². The van der Waals surface area contributed by atoms with E-state index in [-0.39, 0.29) is 12.3 Å². The van der Waals surface area contributed by atoms with Gasteiger partial charge in [-0.25, -0.2) is 0 Å². The Labute approximate surface area is 126 Å². The van der Waals surface area contributed by atoms with Crippen molar-refractivity contribution in [3.05, 3.63) is 62.9 Å². The summed E-state index contributed by atoms with van der Waals surface area (Å²) in [6, 6.07) is 5.81. The third-order valence-electron chi connectivity index (χ3n) is 2.89. The van der Waals surface area contributed by atoms with Crippen LogP contribution in [0.4, 0.5) is 5.69 Å². The summed E-state index contributed by atoms with van der Waals surface area (Å²) < 4.78 is 5.61. The van der Waals surface area contributed by atoms with E-state index in [2.05, 4.69) is 4.98 Å². The molecule has 2 aromatic rings. The van der Waals surface area contributed by atoms with Gasteiger partial charge in [0.15, 0.2) is 0 Å². The van der Waals surface area contributed by atoms with E-state index in [9.17, 15) is 15.2 Å². The van der Waals surface area contributed by atoms with Gasteiger partial charge in [-0.15, -0.1) is 0 Å². The number of benzene rings is 1. The molecule has 7 heteroatoms. The van der Waals surface area contributed by atoms with Gasteiger partial charge in [0.1, 0.15) is 12.4 Å². The maximum absolute atomic E-state index is 10.8. The van der Waals surface area contributed by atoms with Crippen molar-refractivity contribution in [3.8, 4) is 5.75 Å². The van der Waals surface area contributed by atoms with Crippen LogP contribution in [0.2, 0.25) is 5.02 Å². The number of nitro groups is 1. The lowest BCUT2D eigenvalue weighted by Gasteiger charge is -2.13. The molecule has 0 aliphatic carbocycles. The molecule has 1 atom stereocenters. The van der Waals surface area contributed by atoms with Crippen LogP contribution < -0.4 is 4.74 Å². The van der Waals surface area contributed by atoms with E-state index < -0.39 is 11.0 Å². The van der Waals surface area contributed by atoms with Crippen LogP contribution in [-0.4, -0.2) is 15.0 Å². The number of non-ortho nitro benzene ring substituents is 1. The fourth-order valence-electron chi connectivity index (χ4n) is 1.78. The van der Waals surface area contributed by atoms with Gasteiger partial charge < -0.3 is 9.84 Å². The zero-order chi connectivity index (χ0) is 15.4. The van der Waals surface area contributed by atoms with Crippen molar-refractivity contribution < 1.29 is 14.8 Å². The Kier molecular flexibility index (Phi) is 4.72. The van der Waals surface area contributed by atoms with Gasteiger partial charge in [0.2, 0.25) is 0 Å². The Hall–Kier alpha value is -2.18. The van der Waals surface area contributed by atoms with Crippen molar-refractivity contribution in [1.29, 1.82) is 0 Å². The summed E-state index contributed by atoms with van der Waals surface area (Å²) >= 11 is 5.98. The normalized spacial score (nSPS) is 12.0. The van der Waals surface area contributed by atoms with Crippen molar-refractivity contribution in [2.24, 2.45) is 0 Å². The highest BCUT2D eigenvalue weighted by molar-refractivity contribution is 6.31. The minimum atomic E-state index is -0.882. The summed E-state index contributed by atoms with van der Waals surface area (Å²) in [6.07, 6.45) is 2.22. The van der Waals surface area contributed by atoms with E-state index in [4.69, 9.17) is 16.3 Å². The van der Waals surface area contributed by atoms with Gasteiger partial charge in [-0.3, -0.25) is 15.1 Å². The molecular weight excluding hydrogens is 296 g/mol. The van der Waals surface area contributed by atoms with Crippen molar-refractivity contribution in [2.75, 3.05) is 0 Å². The average Bonchev–Trinajstić information content (AvgIpc) is 2.46. The first-order valence-electron chi connectivity index (χ1n) is 6.16. The van der Waals surface area contributed by atoms with Crippen LogP contribution in [0.5, 0.6) is 5.75 Å². The highest BCUT2D eigenvalue weighted by Crippen LogP contribution is 2.30. The third-order valence-corrected chi connectivity index (χ3v) is 3.23. The molecule has 0 radical (unpaired) electrons. The number of aromatic nitrogens is 1. The predicted molar refractivity (Wildman–Crippen MR) is 77.3 cm³/mol. The standard InChI is InChI=1S/C14H13ClN2O4/c1-9(18)12-6-11(17(19)20)2-3-14(12)21-8-10-4-5-16-7-13(10)15/h2-7,9,18H,8H2,1H3. The Balaban J connectivity index is 2.23. The Morgan fingerprint density at radius 3 is 2.86 bits per heavy atom. The summed E-state index contributed by atoms with van der Waals surface area (Å²) in [7, 11) is 0. The summed E-state index contributed by atoms with van der Waals surface area (Å²) in [6.45, 7) is 1.70. The molecule has 1 N–H and O–H groups in total. The lowest BCUT2D eigenvalue weighted by atomic mass is 10.1. The smallest absolute Gasteiger partial charge is 0.270 e. The molecule has 0 amide bonds. The Morgan fingerprint density at radius 2 is 2.24 bits per heavy atom. The first kappa shape index (κ1) is 15.2. The van der Waals surface area contributed by atoms with Gasteiger partial charge >= 0.3 is 0 Å². The number of nitrogens with zero attached hydrogens (tertiary/aromatic N) is 2. The van der Waals surface area contributed by atoms with Crippen molar-refractivity contribution in [3.63, 3.8) is 0 Å². The molecule has 21 heavy (non-hydrogen) atoms. The fourth-order valence-corrected chi connectivity index (χ4v) is 1.96. The second kappa shape index (κ2) is 6.51. The molecule has 1 unspecified atom stereocenters. The first-order chi connectivity index (χ1) is 9.99. The van der Waals surface area contributed by atoms with Gasteiger partial charge in [-0.2, -0.15) is 0 Å². The average molecular weight is 309 g/mol. The minimum Gasteiger partial charge on any atom is -0.488 e. The van der Waals surface area contributed by atoms with Crippen LogP contribution >= 0.6 is 11.6 Å². The van der Waals surface area contributed by atoms with Crippen LogP contribution in [0.25, 0.3) is 0 Å². The lowest BCUT2D eigenvalue weighted by Crippen LogP contribution is -2.02. The molecule has 6 nitrogen and oxygen atoms in total. The molecule has 0 saturated carbocycles. The van der Waals surface area contributed by atoms with E-state index in [1.807, 2.05) is 0 Å². The third kappa shape index (κ3) is 3.68. The zero-order valence-electron chi connectivity index (χ0n) is 11.2. The van der Waals surface area contributed by atoms with Gasteiger partial charge in [-0.05, 0) is 19.1 Å². The maximum Gasteiger partial charge on any atom is 0.270 e. The molecule has 0 aliphatic rings. The number of rotatable bonds is 5. The molecule has 0 spiro atoms. The molecular formula is C14H13ClN2O4. The van der Waals surface area contributed by atoms with Crippen LogP contribution in [0.1, 0.15) is 24.2 Å². The highest BCUT2D eigenvalue weighted by Gasteiger charge is 2.15. The summed E-state index contributed by atoms with van der Waals surface area (Å²) in [5.74, 6) is 0.378. The van der Waals surface area contributed by atoms with E-state index in [1.165, 1.54) is 31.3 Å². The van der Waals surface area contributed by atoms with Crippen LogP contribution in [-0.2, 0) is 6.61 Å². The van der Waals surface area contributed by atoms with Gasteiger partial charge in [0, 0.05) is 35.7 Å². The number of halogens is 1. The van der Waals surface area contributed by atoms with Crippen LogP contribution in [0.15, 0.2) is 36.7 Å². The molecule has 110 valence electrons. The number of aliphatic hydroxyl groups is 1. The van der Waals surface area contributed by atoms with Gasteiger partial charge in [-0.1, -0.05) is 11.6 Å². The molecule has 0 fully saturated rings. The highest BCUT2D eigenvalue weighted by atomic mass is 35.5. The molecule has 1 aromatic heterocycles. The summed E-state index contributed by atoms with van der Waals surface area (Å²) in [4.78, 5) is 14.1. The zero-order valence-corrected chi connectivity index (χ0v) is 11.9. The second-order valence-electron chi connectivity index (χ2n) is 4.41. The molecule has 1 aromatic carbocycles. The van der Waals surface area contributed by atoms with Crippen LogP contribution in [0.3, 0.4) is 0 Å². The summed E-state index contributed by atoms with van der Waals surface area (Å²) in [5, 5.41) is 21.0. The predicted octanol–water partition coefficient (Wildman–Crippen LogP) is 3.28. The van der Waals surface area contributed by atoms with Crippen LogP contribution in [0, 0.1) is 10.1 Å². The number of pyridine rings is 1. The number of nitro benzene ring substituents is 1. The minimum absolute atomic E-state index is 0.0970. The fraction of sp³-hybridized carbons (Fsp3) is 0.214. The van der Waals surface area contributed by atoms with E-state index in [0.717, 1.165) is 5.56 Å². The SMILES string of the molecule is CC(O)c1cc([N+](=O)[O-])ccc1OCc1ccncc1Cl. The maximum atomic E-state index is 10.8. The number of ether oxygens (including phenoxy) is 1. The van der Waals surface area contributed by atoms with E-state index in [1.54, 1.807) is 12.3 Å². The monoisotopic (exact) mass is 308 g/mol. The first-order valence-corrected chi connectivity index (χ1v) is 6.54. The number of hydrogen-bond acceptors (Lipinski definition) is 5. The molecule has 0 aliphatic heterocycles. The van der Waals surface area contributed by atoms with Crippen molar-refractivity contribution in [2.45, 2.75) is 19.6 Å². The van der Waals surface area contributed by atoms with Crippen molar-refractivity contribution >= 4 is 17.3 Å².